The topological polar surface area (TPSA) is 43.3 Å². The van der Waals surface area contributed by atoms with Gasteiger partial charge in [0.25, 0.3) is 0 Å². The van der Waals surface area contributed by atoms with Crippen LogP contribution in [0.4, 0.5) is 5.69 Å². The van der Waals surface area contributed by atoms with E-state index in [1.165, 1.54) is 5.69 Å². The molecular weight excluding hydrogens is 162 g/mol. The Hall–Kier alpha value is -1.51. The van der Waals surface area contributed by atoms with E-state index in [0.717, 1.165) is 23.4 Å². The van der Waals surface area contributed by atoms with Crippen LogP contribution in [0, 0.1) is 6.92 Å². The van der Waals surface area contributed by atoms with Crippen LogP contribution in [0.5, 0.6) is 0 Å². The van der Waals surface area contributed by atoms with Crippen molar-refractivity contribution >= 4 is 11.3 Å². The van der Waals surface area contributed by atoms with Crippen molar-refractivity contribution in [1.82, 2.24) is 9.38 Å². The number of nitrogen functional groups attached to an aromatic ring is 1. The molecule has 3 nitrogen and oxygen atoms in total. The molecule has 0 fully saturated rings. The van der Waals surface area contributed by atoms with Gasteiger partial charge < -0.3 is 10.1 Å². The van der Waals surface area contributed by atoms with Crippen LogP contribution in [0.2, 0.25) is 0 Å². The lowest BCUT2D eigenvalue weighted by atomic mass is 10.3. The normalized spacial score (nSPS) is 10.9. The molecule has 0 aliphatic rings. The van der Waals surface area contributed by atoms with Crippen LogP contribution in [0.3, 0.4) is 0 Å². The minimum atomic E-state index is 0.741. The van der Waals surface area contributed by atoms with Crippen LogP contribution in [0.15, 0.2) is 18.3 Å². The largest absolute Gasteiger partial charge is 0.396 e. The van der Waals surface area contributed by atoms with Gasteiger partial charge in [-0.1, -0.05) is 6.92 Å². The van der Waals surface area contributed by atoms with Crippen molar-refractivity contribution < 1.29 is 0 Å². The van der Waals surface area contributed by atoms with Crippen molar-refractivity contribution in [3.05, 3.63) is 29.7 Å². The highest BCUT2D eigenvalue weighted by Crippen LogP contribution is 2.16. The molecule has 13 heavy (non-hydrogen) atoms. The lowest BCUT2D eigenvalue weighted by Gasteiger charge is -1.97. The second-order valence-electron chi connectivity index (χ2n) is 3.15. The van der Waals surface area contributed by atoms with Gasteiger partial charge in [0.2, 0.25) is 0 Å². The number of hydrogen-bond acceptors (Lipinski definition) is 2. The molecule has 3 heteroatoms. The highest BCUT2D eigenvalue weighted by molar-refractivity contribution is 5.65. The molecule has 2 aromatic heterocycles. The molecule has 68 valence electrons. The van der Waals surface area contributed by atoms with Gasteiger partial charge in [0.15, 0.2) is 5.65 Å². The van der Waals surface area contributed by atoms with Crippen molar-refractivity contribution in [1.29, 1.82) is 0 Å². The third-order valence-electron chi connectivity index (χ3n) is 2.35. The number of aryl methyl sites for hydroxylation is 2. The van der Waals surface area contributed by atoms with Crippen LogP contribution in [0.25, 0.3) is 5.65 Å². The lowest BCUT2D eigenvalue weighted by Crippen LogP contribution is -1.92. The first-order chi connectivity index (χ1) is 6.24. The van der Waals surface area contributed by atoms with Gasteiger partial charge in [0.1, 0.15) is 0 Å². The molecule has 2 aromatic rings. The van der Waals surface area contributed by atoms with Crippen molar-refractivity contribution in [2.45, 2.75) is 20.3 Å². The maximum absolute atomic E-state index is 5.81. The molecule has 0 aliphatic heterocycles. The lowest BCUT2D eigenvalue weighted by molar-refractivity contribution is 1.02. The quantitative estimate of drug-likeness (QED) is 0.718. The zero-order chi connectivity index (χ0) is 9.42. The van der Waals surface area contributed by atoms with Crippen LogP contribution in [-0.2, 0) is 6.42 Å². The summed E-state index contributed by atoms with van der Waals surface area (Å²) >= 11 is 0. The summed E-state index contributed by atoms with van der Waals surface area (Å²) in [4.78, 5) is 4.47. The van der Waals surface area contributed by atoms with E-state index in [4.69, 9.17) is 5.73 Å². The standard InChI is InChI=1S/C10H13N3/c1-3-9-7(2)13-6-4-5-8(11)10(13)12-9/h4-6H,3,11H2,1-2H3. The van der Waals surface area contributed by atoms with Gasteiger partial charge in [-0.05, 0) is 25.5 Å². The number of pyridine rings is 1. The molecule has 0 saturated heterocycles. The number of rotatable bonds is 1. The van der Waals surface area contributed by atoms with Crippen molar-refractivity contribution in [2.24, 2.45) is 0 Å². The molecule has 0 atom stereocenters. The zero-order valence-electron chi connectivity index (χ0n) is 7.91. The van der Waals surface area contributed by atoms with Gasteiger partial charge in [-0.15, -0.1) is 0 Å². The second-order valence-corrected chi connectivity index (χ2v) is 3.15. The van der Waals surface area contributed by atoms with E-state index in [0.29, 0.717) is 0 Å². The molecule has 0 amide bonds. The fourth-order valence-electron chi connectivity index (χ4n) is 1.59. The number of nitrogens with two attached hydrogens (primary N) is 1. The molecule has 0 spiro atoms. The number of imidazole rings is 1. The molecule has 0 radical (unpaired) electrons. The molecule has 2 heterocycles. The highest BCUT2D eigenvalue weighted by Gasteiger charge is 2.07. The smallest absolute Gasteiger partial charge is 0.160 e. The van der Waals surface area contributed by atoms with Crippen molar-refractivity contribution in [3.8, 4) is 0 Å². The average molecular weight is 175 g/mol. The Morgan fingerprint density at radius 1 is 1.54 bits per heavy atom. The molecule has 0 aliphatic carbocycles. The maximum Gasteiger partial charge on any atom is 0.160 e. The second kappa shape index (κ2) is 2.76. The monoisotopic (exact) mass is 175 g/mol. The Kier molecular flexibility index (Phi) is 1.72. The maximum atomic E-state index is 5.81. The summed E-state index contributed by atoms with van der Waals surface area (Å²) < 4.78 is 2.04. The Bertz CT molecular complexity index is 443. The van der Waals surface area contributed by atoms with Gasteiger partial charge in [-0.2, -0.15) is 0 Å². The fourth-order valence-corrected chi connectivity index (χ4v) is 1.59. The summed E-state index contributed by atoms with van der Waals surface area (Å²) in [5, 5.41) is 0. The van der Waals surface area contributed by atoms with Crippen LogP contribution in [0.1, 0.15) is 18.3 Å². The van der Waals surface area contributed by atoms with E-state index in [2.05, 4.69) is 18.8 Å². The Balaban J connectivity index is 2.83. The molecule has 0 bridgehead atoms. The highest BCUT2D eigenvalue weighted by atomic mass is 15.0. The first-order valence-electron chi connectivity index (χ1n) is 4.46. The summed E-state index contributed by atoms with van der Waals surface area (Å²) in [6, 6.07) is 3.82. The Morgan fingerprint density at radius 2 is 2.31 bits per heavy atom. The zero-order valence-corrected chi connectivity index (χ0v) is 7.91. The SMILES string of the molecule is CCc1nc2c(N)cccn2c1C. The molecule has 2 N–H and O–H groups in total. The van der Waals surface area contributed by atoms with Gasteiger partial charge in [0, 0.05) is 11.9 Å². The number of nitrogens with zero attached hydrogens (tertiary/aromatic N) is 2. The third kappa shape index (κ3) is 1.08. The van der Waals surface area contributed by atoms with Crippen molar-refractivity contribution in [3.63, 3.8) is 0 Å². The van der Waals surface area contributed by atoms with E-state index in [-0.39, 0.29) is 0 Å². The van der Waals surface area contributed by atoms with E-state index in [1.807, 2.05) is 22.7 Å². The van der Waals surface area contributed by atoms with E-state index >= 15 is 0 Å². The van der Waals surface area contributed by atoms with E-state index in [9.17, 15) is 0 Å². The number of hydrogen-bond donors (Lipinski definition) is 1. The first-order valence-corrected chi connectivity index (χ1v) is 4.46. The Morgan fingerprint density at radius 3 is 2.92 bits per heavy atom. The predicted octanol–water partition coefficient (Wildman–Crippen LogP) is 1.79. The minimum Gasteiger partial charge on any atom is -0.396 e. The molecule has 0 saturated carbocycles. The first kappa shape index (κ1) is 8.10. The minimum absolute atomic E-state index is 0.741. The van der Waals surface area contributed by atoms with Crippen LogP contribution >= 0.6 is 0 Å². The van der Waals surface area contributed by atoms with Crippen molar-refractivity contribution in [2.75, 3.05) is 5.73 Å². The summed E-state index contributed by atoms with van der Waals surface area (Å²) in [5.74, 6) is 0. The van der Waals surface area contributed by atoms with Crippen LogP contribution < -0.4 is 5.73 Å². The third-order valence-corrected chi connectivity index (χ3v) is 2.35. The fraction of sp³-hybridized carbons (Fsp3) is 0.300. The molecule has 0 aromatic carbocycles. The summed E-state index contributed by atoms with van der Waals surface area (Å²) in [7, 11) is 0. The summed E-state index contributed by atoms with van der Waals surface area (Å²) in [6.07, 6.45) is 2.94. The van der Waals surface area contributed by atoms with Gasteiger partial charge in [-0.3, -0.25) is 0 Å². The number of fused-ring (bicyclic) bond motifs is 1. The molecule has 0 unspecified atom stereocenters. The van der Waals surface area contributed by atoms with Gasteiger partial charge in [0.05, 0.1) is 11.4 Å². The van der Waals surface area contributed by atoms with Gasteiger partial charge in [-0.25, -0.2) is 4.98 Å². The predicted molar refractivity (Wildman–Crippen MR) is 53.7 cm³/mol. The van der Waals surface area contributed by atoms with Crippen LogP contribution in [-0.4, -0.2) is 9.38 Å². The molecule has 2 rings (SSSR count). The average Bonchev–Trinajstić information content (AvgIpc) is 2.45. The Labute approximate surface area is 77.2 Å². The number of aromatic nitrogens is 2. The summed E-state index contributed by atoms with van der Waals surface area (Å²) in [6.45, 7) is 4.17. The van der Waals surface area contributed by atoms with E-state index < -0.39 is 0 Å². The summed E-state index contributed by atoms with van der Waals surface area (Å²) in [5.41, 5.74) is 9.73. The number of anilines is 1. The van der Waals surface area contributed by atoms with E-state index in [1.54, 1.807) is 0 Å². The van der Waals surface area contributed by atoms with Gasteiger partial charge >= 0.3 is 0 Å². The molecular formula is C10H13N3.